The Balaban J connectivity index is 2.91. The lowest BCUT2D eigenvalue weighted by Crippen LogP contribution is -2.41. The molecule has 5 N–H and O–H groups in total. The number of nitrogens with one attached hydrogen (secondary N) is 1. The molecule has 1 rings (SSSR count). The first kappa shape index (κ1) is 17.5. The van der Waals surface area contributed by atoms with Crippen molar-refractivity contribution in [1.82, 2.24) is 0 Å². The monoisotopic (exact) mass is 309 g/mol. The van der Waals surface area contributed by atoms with Crippen LogP contribution in [0.5, 0.6) is 0 Å². The van der Waals surface area contributed by atoms with E-state index in [2.05, 4.69) is 5.32 Å². The first-order chi connectivity index (χ1) is 9.99. The maximum absolute atomic E-state index is 12.5. The Morgan fingerprint density at radius 1 is 1.24 bits per heavy atom. The molecule has 0 radical (unpaired) electrons. The molecule has 0 aromatic heterocycles. The predicted octanol–water partition coefficient (Wildman–Crippen LogP) is 1.97. The van der Waals surface area contributed by atoms with Crippen LogP contribution < -0.4 is 16.8 Å². The summed E-state index contributed by atoms with van der Waals surface area (Å²) in [5.74, 6) is -0.294. The number of benzene rings is 1. The van der Waals surface area contributed by atoms with E-state index < -0.39 is 5.41 Å². The first-order valence-corrected chi connectivity index (χ1v) is 7.99. The Labute approximate surface area is 129 Å². The molecule has 1 aromatic carbocycles. The van der Waals surface area contributed by atoms with Gasteiger partial charge in [-0.25, -0.2) is 0 Å². The van der Waals surface area contributed by atoms with E-state index in [1.807, 2.05) is 38.1 Å². The summed E-state index contributed by atoms with van der Waals surface area (Å²) in [5.41, 5.74) is 11.1. The molecule has 0 spiro atoms. The Morgan fingerprint density at radius 3 is 2.38 bits per heavy atom. The topological polar surface area (TPSA) is 98.2 Å². The smallest absolute Gasteiger partial charge is 0.231 e. The van der Waals surface area contributed by atoms with E-state index in [0.717, 1.165) is 4.90 Å². The normalized spacial score (nSPS) is 11.2. The molecule has 0 bridgehead atoms. The molecule has 0 aliphatic carbocycles. The second-order valence-corrected chi connectivity index (χ2v) is 5.91. The third-order valence-electron chi connectivity index (χ3n) is 3.73. The number of thioether (sulfide) groups is 1. The van der Waals surface area contributed by atoms with Gasteiger partial charge in [0.05, 0.1) is 16.9 Å². The number of hydrogen-bond acceptors (Lipinski definition) is 4. The van der Waals surface area contributed by atoms with Crippen molar-refractivity contribution in [3.8, 4) is 0 Å². The third kappa shape index (κ3) is 4.47. The lowest BCUT2D eigenvalue weighted by molar-refractivity contribution is -0.125. The average Bonchev–Trinajstić information content (AvgIpc) is 2.48. The molecule has 0 saturated carbocycles. The summed E-state index contributed by atoms with van der Waals surface area (Å²) < 4.78 is 0. The Morgan fingerprint density at radius 2 is 1.86 bits per heavy atom. The molecule has 0 aliphatic heterocycles. The summed E-state index contributed by atoms with van der Waals surface area (Å²) in [5, 5.41) is 2.94. The number of para-hydroxylation sites is 1. The van der Waals surface area contributed by atoms with Crippen molar-refractivity contribution < 1.29 is 9.59 Å². The van der Waals surface area contributed by atoms with Crippen LogP contribution in [0, 0.1) is 5.41 Å². The Kier molecular flexibility index (Phi) is 6.71. The van der Waals surface area contributed by atoms with Gasteiger partial charge >= 0.3 is 0 Å². The zero-order chi connectivity index (χ0) is 15.9. The van der Waals surface area contributed by atoms with Crippen molar-refractivity contribution in [3.63, 3.8) is 0 Å². The van der Waals surface area contributed by atoms with E-state index >= 15 is 0 Å². The van der Waals surface area contributed by atoms with Crippen molar-refractivity contribution in [2.75, 3.05) is 17.6 Å². The second-order valence-electron chi connectivity index (χ2n) is 4.90. The van der Waals surface area contributed by atoms with Crippen molar-refractivity contribution in [2.24, 2.45) is 16.9 Å². The molecule has 0 heterocycles. The highest BCUT2D eigenvalue weighted by Gasteiger charge is 2.33. The van der Waals surface area contributed by atoms with Gasteiger partial charge in [0.15, 0.2) is 0 Å². The summed E-state index contributed by atoms with van der Waals surface area (Å²) in [7, 11) is 0. The fourth-order valence-corrected chi connectivity index (χ4v) is 2.80. The molecule has 1 aromatic rings. The quantitative estimate of drug-likeness (QED) is 0.639. The minimum atomic E-state index is -0.554. The lowest BCUT2D eigenvalue weighted by atomic mass is 9.81. The van der Waals surface area contributed by atoms with Crippen molar-refractivity contribution >= 4 is 29.3 Å². The highest BCUT2D eigenvalue weighted by Crippen LogP contribution is 2.31. The van der Waals surface area contributed by atoms with E-state index in [4.69, 9.17) is 11.5 Å². The van der Waals surface area contributed by atoms with Crippen LogP contribution in [0.3, 0.4) is 0 Å². The van der Waals surface area contributed by atoms with Crippen LogP contribution in [0.4, 0.5) is 5.69 Å². The molecule has 21 heavy (non-hydrogen) atoms. The van der Waals surface area contributed by atoms with Gasteiger partial charge in [-0.1, -0.05) is 26.0 Å². The molecule has 0 fully saturated rings. The van der Waals surface area contributed by atoms with E-state index in [1.54, 1.807) is 0 Å². The molecule has 2 amide bonds. The van der Waals surface area contributed by atoms with Crippen LogP contribution >= 0.6 is 11.8 Å². The molecule has 5 nitrogen and oxygen atoms in total. The maximum Gasteiger partial charge on any atom is 0.231 e. The van der Waals surface area contributed by atoms with Crippen LogP contribution in [0.2, 0.25) is 0 Å². The number of hydrogen-bond donors (Lipinski definition) is 3. The van der Waals surface area contributed by atoms with Crippen LogP contribution in [-0.4, -0.2) is 24.1 Å². The fraction of sp³-hybridized carbons (Fsp3) is 0.467. The zero-order valence-corrected chi connectivity index (χ0v) is 13.3. The zero-order valence-electron chi connectivity index (χ0n) is 12.5. The van der Waals surface area contributed by atoms with Crippen LogP contribution in [0.1, 0.15) is 26.7 Å². The van der Waals surface area contributed by atoms with E-state index in [0.29, 0.717) is 25.1 Å². The van der Waals surface area contributed by atoms with Crippen molar-refractivity contribution in [3.05, 3.63) is 24.3 Å². The highest BCUT2D eigenvalue weighted by atomic mass is 32.2. The van der Waals surface area contributed by atoms with Crippen LogP contribution in [0.25, 0.3) is 0 Å². The summed E-state index contributed by atoms with van der Waals surface area (Å²) in [6.45, 7) is 4.23. The van der Waals surface area contributed by atoms with Gasteiger partial charge in [0.2, 0.25) is 11.8 Å². The lowest BCUT2D eigenvalue weighted by Gasteiger charge is -2.28. The summed E-state index contributed by atoms with van der Waals surface area (Å²) in [6, 6.07) is 7.36. The van der Waals surface area contributed by atoms with E-state index in [-0.39, 0.29) is 17.6 Å². The number of nitrogens with two attached hydrogens (primary N) is 2. The molecule has 0 aliphatic rings. The number of primary amides is 1. The van der Waals surface area contributed by atoms with Crippen molar-refractivity contribution in [1.29, 1.82) is 0 Å². The second kappa shape index (κ2) is 8.05. The number of carbonyl (C=O) groups is 2. The van der Waals surface area contributed by atoms with Gasteiger partial charge in [-0.3, -0.25) is 9.59 Å². The van der Waals surface area contributed by atoms with Gasteiger partial charge in [0, 0.05) is 11.4 Å². The maximum atomic E-state index is 12.5. The third-order valence-corrected chi connectivity index (χ3v) is 4.83. The van der Waals surface area contributed by atoms with Gasteiger partial charge < -0.3 is 16.8 Å². The number of amides is 2. The van der Waals surface area contributed by atoms with Crippen LogP contribution in [-0.2, 0) is 9.59 Å². The van der Waals surface area contributed by atoms with Gasteiger partial charge in [-0.2, -0.15) is 0 Å². The van der Waals surface area contributed by atoms with Gasteiger partial charge in [-0.05, 0) is 25.0 Å². The number of anilines is 1. The molecule has 0 saturated heterocycles. The largest absolute Gasteiger partial charge is 0.369 e. The molecule has 116 valence electrons. The summed E-state index contributed by atoms with van der Waals surface area (Å²) in [4.78, 5) is 24.2. The summed E-state index contributed by atoms with van der Waals surface area (Å²) in [6.07, 6.45) is 1.37. The summed E-state index contributed by atoms with van der Waals surface area (Å²) >= 11 is 1.31. The minimum Gasteiger partial charge on any atom is -0.369 e. The SMILES string of the molecule is CCC(CC)(CN)C(=O)Nc1ccccc1SCC(N)=O. The molecule has 0 atom stereocenters. The minimum absolute atomic E-state index is 0.0814. The molecule has 6 heteroatoms. The van der Waals surface area contributed by atoms with Gasteiger partial charge in [0.25, 0.3) is 0 Å². The van der Waals surface area contributed by atoms with Crippen molar-refractivity contribution in [2.45, 2.75) is 31.6 Å². The Bertz CT molecular complexity index is 493. The highest BCUT2D eigenvalue weighted by molar-refractivity contribution is 8.00. The number of rotatable bonds is 8. The predicted molar refractivity (Wildman–Crippen MR) is 87.1 cm³/mol. The van der Waals surface area contributed by atoms with Gasteiger partial charge in [0.1, 0.15) is 0 Å². The van der Waals surface area contributed by atoms with Crippen LogP contribution in [0.15, 0.2) is 29.2 Å². The van der Waals surface area contributed by atoms with E-state index in [9.17, 15) is 9.59 Å². The van der Waals surface area contributed by atoms with Gasteiger partial charge in [-0.15, -0.1) is 11.8 Å². The Hall–Kier alpha value is -1.53. The standard InChI is InChI=1S/C15H23N3O2S/c1-3-15(4-2,10-16)14(20)18-11-7-5-6-8-12(11)21-9-13(17)19/h5-8H,3-4,9-10,16H2,1-2H3,(H2,17,19)(H,18,20). The fourth-order valence-electron chi connectivity index (χ4n) is 2.05. The molecular weight excluding hydrogens is 286 g/mol. The molecular formula is C15H23N3O2S. The average molecular weight is 309 g/mol. The van der Waals surface area contributed by atoms with E-state index in [1.165, 1.54) is 11.8 Å². The molecule has 0 unspecified atom stereocenters. The first-order valence-electron chi connectivity index (χ1n) is 7.00. The number of carbonyl (C=O) groups excluding carboxylic acids is 2.